The molecule has 1 unspecified atom stereocenters. The minimum absolute atomic E-state index is 0.488. The highest BCUT2D eigenvalue weighted by molar-refractivity contribution is 5.27. The third-order valence-electron chi connectivity index (χ3n) is 5.37. The molecular formula is C20H33N. The maximum absolute atomic E-state index is 3.87. The van der Waals surface area contributed by atoms with Crippen LogP contribution in [0, 0.1) is 5.41 Å². The first-order chi connectivity index (χ1) is 10.3. The normalized spacial score (nSPS) is 18.8. The molecule has 0 spiro atoms. The lowest BCUT2D eigenvalue weighted by molar-refractivity contribution is 0.187. The van der Waals surface area contributed by atoms with Gasteiger partial charge in [-0.15, -0.1) is 0 Å². The summed E-state index contributed by atoms with van der Waals surface area (Å²) in [5.41, 5.74) is 3.47. The number of benzene rings is 1. The van der Waals surface area contributed by atoms with Crippen LogP contribution >= 0.6 is 0 Å². The van der Waals surface area contributed by atoms with Crippen molar-refractivity contribution in [2.45, 2.75) is 78.2 Å². The smallest absolute Gasteiger partial charge is 0.0377 e. The van der Waals surface area contributed by atoms with Crippen LogP contribution in [0.5, 0.6) is 0 Å². The molecule has 118 valence electrons. The second-order valence-corrected chi connectivity index (χ2v) is 6.80. The largest absolute Gasteiger partial charge is 0.309 e. The highest BCUT2D eigenvalue weighted by Gasteiger charge is 2.40. The van der Waals surface area contributed by atoms with Crippen molar-refractivity contribution in [3.8, 4) is 0 Å². The molecule has 1 aromatic carbocycles. The van der Waals surface area contributed by atoms with Crippen molar-refractivity contribution in [2.24, 2.45) is 5.41 Å². The summed E-state index contributed by atoms with van der Waals surface area (Å²) < 4.78 is 0. The van der Waals surface area contributed by atoms with Crippen molar-refractivity contribution >= 4 is 0 Å². The van der Waals surface area contributed by atoms with Gasteiger partial charge in [0.15, 0.2) is 0 Å². The second-order valence-electron chi connectivity index (χ2n) is 6.80. The number of hydrogen-bond donors (Lipinski definition) is 1. The van der Waals surface area contributed by atoms with Crippen LogP contribution in [0.15, 0.2) is 24.3 Å². The lowest BCUT2D eigenvalue weighted by Gasteiger charge is -2.38. The summed E-state index contributed by atoms with van der Waals surface area (Å²) in [4.78, 5) is 0. The van der Waals surface area contributed by atoms with Crippen molar-refractivity contribution < 1.29 is 0 Å². The molecule has 2 rings (SSSR count). The van der Waals surface area contributed by atoms with Crippen LogP contribution in [0.3, 0.4) is 0 Å². The maximum atomic E-state index is 3.87. The second kappa shape index (κ2) is 7.98. The van der Waals surface area contributed by atoms with E-state index in [1.165, 1.54) is 62.5 Å². The summed E-state index contributed by atoms with van der Waals surface area (Å²) >= 11 is 0. The van der Waals surface area contributed by atoms with E-state index in [2.05, 4.69) is 50.4 Å². The van der Waals surface area contributed by atoms with Crippen molar-refractivity contribution in [1.82, 2.24) is 5.32 Å². The van der Waals surface area contributed by atoms with E-state index in [4.69, 9.17) is 0 Å². The topological polar surface area (TPSA) is 12.0 Å². The Kier molecular flexibility index (Phi) is 6.29. The Hall–Kier alpha value is -0.820. The van der Waals surface area contributed by atoms with Crippen LogP contribution in [0.1, 0.15) is 82.9 Å². The summed E-state index contributed by atoms with van der Waals surface area (Å²) in [6, 6.07) is 10.00. The standard InChI is InChI=1S/C20H33N/c1-4-9-17-10-12-18(13-11-17)19(21-16-5-2)20(6-3)14-7-8-15-20/h10-13,19,21H,4-9,14-16H2,1-3H3. The van der Waals surface area contributed by atoms with Crippen LogP contribution in [0.25, 0.3) is 0 Å². The van der Waals surface area contributed by atoms with Gasteiger partial charge in [-0.25, -0.2) is 0 Å². The molecule has 0 heterocycles. The zero-order valence-corrected chi connectivity index (χ0v) is 14.3. The molecule has 0 amide bonds. The maximum Gasteiger partial charge on any atom is 0.0377 e. The summed E-state index contributed by atoms with van der Waals surface area (Å²) in [6.07, 6.45) is 10.5. The summed E-state index contributed by atoms with van der Waals surface area (Å²) in [6.45, 7) is 8.03. The monoisotopic (exact) mass is 287 g/mol. The van der Waals surface area contributed by atoms with Crippen molar-refractivity contribution in [3.63, 3.8) is 0 Å². The number of hydrogen-bond acceptors (Lipinski definition) is 1. The molecule has 1 atom stereocenters. The molecule has 1 saturated carbocycles. The Bertz CT molecular complexity index is 400. The fraction of sp³-hybridized carbons (Fsp3) is 0.700. The summed E-state index contributed by atoms with van der Waals surface area (Å²) in [7, 11) is 0. The average Bonchev–Trinajstić information content (AvgIpc) is 2.99. The lowest BCUT2D eigenvalue weighted by atomic mass is 9.73. The van der Waals surface area contributed by atoms with Gasteiger partial charge in [-0.3, -0.25) is 0 Å². The zero-order valence-electron chi connectivity index (χ0n) is 14.3. The molecule has 1 heteroatoms. The Labute approximate surface area is 131 Å². The van der Waals surface area contributed by atoms with E-state index in [-0.39, 0.29) is 0 Å². The fourth-order valence-electron chi connectivity index (χ4n) is 4.07. The van der Waals surface area contributed by atoms with Crippen LogP contribution < -0.4 is 5.32 Å². The number of aryl methyl sites for hydroxylation is 1. The summed E-state index contributed by atoms with van der Waals surface area (Å²) in [5, 5.41) is 3.87. The van der Waals surface area contributed by atoms with Gasteiger partial charge in [0.25, 0.3) is 0 Å². The van der Waals surface area contributed by atoms with Gasteiger partial charge in [-0.05, 0) is 55.2 Å². The minimum atomic E-state index is 0.488. The van der Waals surface area contributed by atoms with E-state index in [1.807, 2.05) is 0 Å². The quantitative estimate of drug-likeness (QED) is 0.651. The molecule has 0 radical (unpaired) electrons. The molecule has 1 N–H and O–H groups in total. The Morgan fingerprint density at radius 3 is 2.19 bits per heavy atom. The minimum Gasteiger partial charge on any atom is -0.309 e. The third-order valence-corrected chi connectivity index (χ3v) is 5.37. The van der Waals surface area contributed by atoms with E-state index in [9.17, 15) is 0 Å². The highest BCUT2D eigenvalue weighted by atomic mass is 14.9. The van der Waals surface area contributed by atoms with E-state index >= 15 is 0 Å². The van der Waals surface area contributed by atoms with Crippen molar-refractivity contribution in [1.29, 1.82) is 0 Å². The predicted molar refractivity (Wildman–Crippen MR) is 92.7 cm³/mol. The molecule has 0 aliphatic heterocycles. The molecule has 0 aromatic heterocycles. The van der Waals surface area contributed by atoms with Gasteiger partial charge in [0.05, 0.1) is 0 Å². The van der Waals surface area contributed by atoms with Crippen LogP contribution in [0.4, 0.5) is 0 Å². The Balaban J connectivity index is 2.22. The first-order valence-corrected chi connectivity index (χ1v) is 9.08. The molecule has 21 heavy (non-hydrogen) atoms. The average molecular weight is 287 g/mol. The Morgan fingerprint density at radius 1 is 1.00 bits per heavy atom. The molecule has 0 saturated heterocycles. The molecule has 1 aromatic rings. The third kappa shape index (κ3) is 3.88. The molecule has 0 bridgehead atoms. The molecular weight excluding hydrogens is 254 g/mol. The SMILES string of the molecule is CCCNC(c1ccc(CCC)cc1)C1(CC)CCCC1. The van der Waals surface area contributed by atoms with E-state index in [0.717, 1.165) is 6.54 Å². The number of rotatable bonds is 8. The lowest BCUT2D eigenvalue weighted by Crippen LogP contribution is -2.36. The summed E-state index contributed by atoms with van der Waals surface area (Å²) in [5.74, 6) is 0. The first-order valence-electron chi connectivity index (χ1n) is 9.08. The van der Waals surface area contributed by atoms with Gasteiger partial charge in [-0.1, -0.05) is 64.3 Å². The van der Waals surface area contributed by atoms with Gasteiger partial charge >= 0.3 is 0 Å². The van der Waals surface area contributed by atoms with E-state index in [1.54, 1.807) is 0 Å². The molecule has 1 nitrogen and oxygen atoms in total. The van der Waals surface area contributed by atoms with Gasteiger partial charge in [0, 0.05) is 6.04 Å². The predicted octanol–water partition coefficient (Wildman–Crippen LogP) is 5.65. The van der Waals surface area contributed by atoms with Gasteiger partial charge < -0.3 is 5.32 Å². The fourth-order valence-corrected chi connectivity index (χ4v) is 4.07. The van der Waals surface area contributed by atoms with Crippen LogP contribution in [0.2, 0.25) is 0 Å². The van der Waals surface area contributed by atoms with Crippen molar-refractivity contribution in [3.05, 3.63) is 35.4 Å². The Morgan fingerprint density at radius 2 is 1.67 bits per heavy atom. The van der Waals surface area contributed by atoms with Crippen LogP contribution in [-0.4, -0.2) is 6.54 Å². The van der Waals surface area contributed by atoms with Crippen molar-refractivity contribution in [2.75, 3.05) is 6.54 Å². The van der Waals surface area contributed by atoms with Gasteiger partial charge in [0.2, 0.25) is 0 Å². The first kappa shape index (κ1) is 16.5. The van der Waals surface area contributed by atoms with Gasteiger partial charge in [0.1, 0.15) is 0 Å². The van der Waals surface area contributed by atoms with Gasteiger partial charge in [-0.2, -0.15) is 0 Å². The van der Waals surface area contributed by atoms with E-state index < -0.39 is 0 Å². The molecule has 1 aliphatic carbocycles. The number of nitrogens with one attached hydrogen (secondary N) is 1. The zero-order chi connectivity index (χ0) is 15.1. The van der Waals surface area contributed by atoms with Crippen LogP contribution in [-0.2, 0) is 6.42 Å². The highest BCUT2D eigenvalue weighted by Crippen LogP contribution is 2.50. The van der Waals surface area contributed by atoms with E-state index in [0.29, 0.717) is 11.5 Å². The molecule has 1 aliphatic rings. The molecule has 1 fully saturated rings.